The fourth-order valence-electron chi connectivity index (χ4n) is 4.62. The summed E-state index contributed by atoms with van der Waals surface area (Å²) in [5, 5.41) is 0. The Hall–Kier alpha value is -3.00. The van der Waals surface area contributed by atoms with Gasteiger partial charge in [0.1, 0.15) is 0 Å². The molecule has 0 N–H and O–H groups in total. The van der Waals surface area contributed by atoms with E-state index >= 15 is 0 Å². The van der Waals surface area contributed by atoms with Gasteiger partial charge in [-0.25, -0.2) is 8.42 Å². The molecule has 216 valence electrons. The molecule has 0 bridgehead atoms. The van der Waals surface area contributed by atoms with Crippen molar-refractivity contribution >= 4 is 52.9 Å². The van der Waals surface area contributed by atoms with Crippen LogP contribution >= 0.6 is 32.8 Å². The van der Waals surface area contributed by atoms with E-state index in [9.17, 15) is 16.8 Å². The maximum absolute atomic E-state index is 14.7. The Morgan fingerprint density at radius 1 is 0.500 bits per heavy atom. The summed E-state index contributed by atoms with van der Waals surface area (Å²) in [4.78, 5) is 2.45. The van der Waals surface area contributed by atoms with Crippen molar-refractivity contribution in [2.24, 2.45) is 0 Å². The highest BCUT2D eigenvalue weighted by Crippen LogP contribution is 2.71. The fourth-order valence-corrected chi connectivity index (χ4v) is 12.7. The first-order valence-electron chi connectivity index (χ1n) is 13.0. The summed E-state index contributed by atoms with van der Waals surface area (Å²) in [5.41, 5.74) is 0. The van der Waals surface area contributed by atoms with Gasteiger partial charge in [0.25, 0.3) is 20.1 Å². The molecule has 5 aromatic rings. The van der Waals surface area contributed by atoms with Crippen molar-refractivity contribution in [3.8, 4) is 0 Å². The van der Waals surface area contributed by atoms with E-state index in [0.717, 1.165) is 18.3 Å². The van der Waals surface area contributed by atoms with Crippen LogP contribution < -0.4 is 0 Å². The molecule has 42 heavy (non-hydrogen) atoms. The van der Waals surface area contributed by atoms with Crippen molar-refractivity contribution in [3.05, 3.63) is 149 Å². The quantitative estimate of drug-likeness (QED) is 0.104. The number of hydrogen-bond acceptors (Lipinski definition) is 5. The second kappa shape index (κ2) is 13.1. The molecule has 0 amide bonds. The van der Waals surface area contributed by atoms with Crippen molar-refractivity contribution in [3.63, 3.8) is 0 Å². The highest BCUT2D eigenvalue weighted by atomic mass is 127. The summed E-state index contributed by atoms with van der Waals surface area (Å²) in [7, 11) is -11.0. The molecule has 0 spiro atoms. The van der Waals surface area contributed by atoms with Gasteiger partial charge in [-0.3, -0.25) is 4.18 Å². The van der Waals surface area contributed by atoms with Crippen molar-refractivity contribution in [2.45, 2.75) is 24.5 Å². The summed E-state index contributed by atoms with van der Waals surface area (Å²) in [5.74, 6) is 0. The van der Waals surface area contributed by atoms with E-state index in [1.807, 2.05) is 91.0 Å². The third kappa shape index (κ3) is 6.19. The smallest absolute Gasteiger partial charge is 0.265 e. The zero-order valence-corrected chi connectivity index (χ0v) is 27.0. The van der Waals surface area contributed by atoms with Gasteiger partial charge in [-0.1, -0.05) is 83.0 Å². The Morgan fingerprint density at radius 3 is 1.29 bits per heavy atom. The van der Waals surface area contributed by atoms with E-state index < -0.39 is 30.4 Å². The molecule has 0 aliphatic rings. The van der Waals surface area contributed by atoms with Crippen LogP contribution in [0.25, 0.3) is 0 Å². The molecule has 6 nitrogen and oxygen atoms in total. The average Bonchev–Trinajstić information content (AvgIpc) is 3.03. The molecule has 0 radical (unpaired) electrons. The van der Waals surface area contributed by atoms with Crippen LogP contribution in [0, 0.1) is 3.57 Å². The van der Waals surface area contributed by atoms with Gasteiger partial charge in [0.05, 0.1) is 16.4 Å². The first-order valence-corrected chi connectivity index (χ1v) is 18.5. The van der Waals surface area contributed by atoms with Crippen molar-refractivity contribution in [1.82, 2.24) is 3.71 Å². The lowest BCUT2D eigenvalue weighted by atomic mass is 10.4. The standard InChI is InChI=1S/C32H28INO5S3/c33-27-21-23-32(24-22-27)42(37,38)39-26-25-34(41(35,36)31-19-11-4-12-20-31)40(28-13-5-1-6-14-28,29-15-7-2-8-16-29)30-17-9-3-10-18-30/h1-24H,25-26H2. The Kier molecular flexibility index (Phi) is 9.50. The highest BCUT2D eigenvalue weighted by molar-refractivity contribution is 14.1. The molecule has 0 heterocycles. The van der Waals surface area contributed by atoms with Gasteiger partial charge < -0.3 is 0 Å². The number of benzene rings is 5. The first-order chi connectivity index (χ1) is 20.3. The van der Waals surface area contributed by atoms with Crippen molar-refractivity contribution in [2.75, 3.05) is 13.2 Å². The van der Waals surface area contributed by atoms with Gasteiger partial charge in [0.2, 0.25) is 0 Å². The van der Waals surface area contributed by atoms with Crippen molar-refractivity contribution < 1.29 is 21.0 Å². The van der Waals surface area contributed by atoms with Crippen LogP contribution in [-0.4, -0.2) is 33.7 Å². The van der Waals surface area contributed by atoms with Gasteiger partial charge in [-0.05, 0) is 95.4 Å². The maximum Gasteiger partial charge on any atom is 0.297 e. The van der Waals surface area contributed by atoms with E-state index in [2.05, 4.69) is 22.6 Å². The third-order valence-electron chi connectivity index (χ3n) is 6.48. The van der Waals surface area contributed by atoms with Gasteiger partial charge in [-0.2, -0.15) is 8.42 Å². The minimum atomic E-state index is -4.20. The number of halogens is 1. The third-order valence-corrected chi connectivity index (χ3v) is 15.0. The van der Waals surface area contributed by atoms with E-state index in [1.165, 1.54) is 15.8 Å². The predicted molar refractivity (Wildman–Crippen MR) is 174 cm³/mol. The predicted octanol–water partition coefficient (Wildman–Crippen LogP) is 7.58. The lowest BCUT2D eigenvalue weighted by molar-refractivity contribution is 0.306. The molecule has 0 aromatic heterocycles. The molecule has 0 fully saturated rings. The van der Waals surface area contributed by atoms with Gasteiger partial charge >= 0.3 is 0 Å². The summed E-state index contributed by atoms with van der Waals surface area (Å²) in [6.07, 6.45) is 0. The molecule has 0 unspecified atom stereocenters. The number of rotatable bonds is 11. The van der Waals surface area contributed by atoms with Crippen LogP contribution in [0.1, 0.15) is 0 Å². The second-order valence-corrected chi connectivity index (χ2v) is 17.1. The minimum Gasteiger partial charge on any atom is -0.265 e. The molecule has 10 heteroatoms. The Labute approximate surface area is 262 Å². The highest BCUT2D eigenvalue weighted by Gasteiger charge is 2.44. The molecule has 0 aliphatic heterocycles. The molecule has 0 saturated carbocycles. The van der Waals surface area contributed by atoms with Crippen LogP contribution in [0.5, 0.6) is 0 Å². The molecule has 0 atom stereocenters. The van der Waals surface area contributed by atoms with Gasteiger partial charge in [0, 0.05) is 24.8 Å². The Balaban J connectivity index is 1.72. The normalized spacial score (nSPS) is 12.7. The number of sulfonamides is 1. The monoisotopic (exact) mass is 729 g/mol. The second-order valence-electron chi connectivity index (χ2n) is 9.09. The molecule has 5 aromatic carbocycles. The van der Waals surface area contributed by atoms with Gasteiger partial charge in [-0.15, -0.1) is 3.71 Å². The lowest BCUT2D eigenvalue weighted by Gasteiger charge is -2.48. The number of hydrogen-bond donors (Lipinski definition) is 0. The van der Waals surface area contributed by atoms with Crippen LogP contribution in [0.4, 0.5) is 0 Å². The zero-order chi connectivity index (χ0) is 29.6. The molecule has 5 rings (SSSR count). The first kappa shape index (κ1) is 30.5. The van der Waals surface area contributed by atoms with E-state index in [4.69, 9.17) is 4.18 Å². The summed E-state index contributed by atoms with van der Waals surface area (Å²) < 4.78 is 63.5. The Morgan fingerprint density at radius 2 is 0.881 bits per heavy atom. The molecule has 0 aliphatic carbocycles. The topological polar surface area (TPSA) is 80.8 Å². The number of nitrogens with zero attached hydrogens (tertiary/aromatic N) is 1. The summed E-state index contributed by atoms with van der Waals surface area (Å²) in [6.45, 7) is -0.615. The van der Waals surface area contributed by atoms with Crippen LogP contribution in [0.2, 0.25) is 0 Å². The largest absolute Gasteiger partial charge is 0.297 e. The lowest BCUT2D eigenvalue weighted by Crippen LogP contribution is -2.37. The van der Waals surface area contributed by atoms with E-state index in [1.54, 1.807) is 42.5 Å². The van der Waals surface area contributed by atoms with Crippen LogP contribution in [0.3, 0.4) is 0 Å². The average molecular weight is 730 g/mol. The van der Waals surface area contributed by atoms with E-state index in [0.29, 0.717) is 0 Å². The molecular formula is C32H28INO5S3. The summed E-state index contributed by atoms with van der Waals surface area (Å²) >= 11 is 2.10. The fraction of sp³-hybridized carbons (Fsp3) is 0.0625. The summed E-state index contributed by atoms with van der Waals surface area (Å²) in [6, 6.07) is 43.0. The van der Waals surface area contributed by atoms with Crippen LogP contribution in [0.15, 0.2) is 170 Å². The van der Waals surface area contributed by atoms with Crippen molar-refractivity contribution in [1.29, 1.82) is 0 Å². The van der Waals surface area contributed by atoms with Crippen LogP contribution in [-0.2, 0) is 24.3 Å². The Bertz CT molecular complexity index is 1730. The SMILES string of the molecule is O=S(=O)(OCCN(S(c1ccccc1)(c1ccccc1)c1ccccc1)S(=O)(=O)c1ccccc1)c1ccc(I)cc1. The minimum absolute atomic E-state index is 0.00757. The van der Waals surface area contributed by atoms with E-state index in [-0.39, 0.29) is 22.9 Å². The zero-order valence-electron chi connectivity index (χ0n) is 22.4. The molecular weight excluding hydrogens is 701 g/mol. The maximum atomic E-state index is 14.7. The molecule has 0 saturated heterocycles. The van der Waals surface area contributed by atoms with Gasteiger partial charge in [0.15, 0.2) is 0 Å².